The van der Waals surface area contributed by atoms with Crippen LogP contribution in [0.2, 0.25) is 0 Å². The average Bonchev–Trinajstić information content (AvgIpc) is 3.14. The topological polar surface area (TPSA) is 64.2 Å². The lowest BCUT2D eigenvalue weighted by atomic mass is 10.0. The van der Waals surface area contributed by atoms with Crippen LogP contribution in [0.3, 0.4) is 0 Å². The molecule has 3 rings (SSSR count). The number of benzene rings is 2. The average molecular weight is 415 g/mol. The van der Waals surface area contributed by atoms with E-state index in [1.54, 1.807) is 24.3 Å². The summed E-state index contributed by atoms with van der Waals surface area (Å²) in [5.41, 5.74) is 0.110. The lowest BCUT2D eigenvalue weighted by molar-refractivity contribution is -0.137. The summed E-state index contributed by atoms with van der Waals surface area (Å²) in [5.74, 6) is -0.747. The van der Waals surface area contributed by atoms with E-state index >= 15 is 0 Å². The third-order valence-corrected chi connectivity index (χ3v) is 5.72. The summed E-state index contributed by atoms with van der Waals surface area (Å²) < 4.78 is 76.2. The number of hydrogen-bond donors (Lipinski definition) is 2. The first kappa shape index (κ1) is 20.6. The van der Waals surface area contributed by atoms with Crippen LogP contribution in [0, 0.1) is 17.2 Å². The highest BCUT2D eigenvalue weighted by molar-refractivity contribution is 7.80. The van der Waals surface area contributed by atoms with Gasteiger partial charge in [0.25, 0.3) is 0 Å². The maximum atomic E-state index is 13.2. The molecule has 0 heterocycles. The Morgan fingerprint density at radius 1 is 1.14 bits per heavy atom. The van der Waals surface area contributed by atoms with Crippen LogP contribution in [0.25, 0.3) is 0 Å². The number of nitrogens with one attached hydrogen (secondary N) is 2. The van der Waals surface area contributed by atoms with E-state index in [-0.39, 0.29) is 22.9 Å². The molecule has 1 saturated carbocycles. The van der Waals surface area contributed by atoms with Crippen LogP contribution in [0.5, 0.6) is 0 Å². The van der Waals surface area contributed by atoms with Gasteiger partial charge in [-0.2, -0.15) is 13.2 Å². The largest absolute Gasteiger partial charge is 0.755 e. The van der Waals surface area contributed by atoms with Gasteiger partial charge in [-0.1, -0.05) is 26.0 Å². The molecule has 2 N–H and O–H groups in total. The second-order valence-corrected chi connectivity index (χ2v) is 8.11. The zero-order chi connectivity index (χ0) is 20.7. The summed E-state index contributed by atoms with van der Waals surface area (Å²) in [6, 6.07) is 9.49. The minimum Gasteiger partial charge on any atom is -0.755 e. The number of rotatable bonds is 6. The summed E-state index contributed by atoms with van der Waals surface area (Å²) in [7, 11) is 0. The molecule has 2 aromatic rings. The van der Waals surface area contributed by atoms with Gasteiger partial charge in [0.15, 0.2) is 0 Å². The van der Waals surface area contributed by atoms with Gasteiger partial charge in [-0.25, -0.2) is 4.39 Å². The van der Waals surface area contributed by atoms with Gasteiger partial charge in [-0.05, 0) is 53.1 Å². The molecular formula is C19H19F4N2O2S-. The molecule has 3 atom stereocenters. The van der Waals surface area contributed by atoms with E-state index in [0.29, 0.717) is 18.3 Å². The van der Waals surface area contributed by atoms with Gasteiger partial charge in [0.05, 0.1) is 5.56 Å². The Morgan fingerprint density at radius 2 is 1.79 bits per heavy atom. The van der Waals surface area contributed by atoms with Crippen molar-refractivity contribution in [2.45, 2.75) is 25.9 Å². The summed E-state index contributed by atoms with van der Waals surface area (Å²) in [4.78, 5) is 0. The molecule has 9 heteroatoms. The molecule has 0 amide bonds. The molecule has 1 aliphatic rings. The fourth-order valence-corrected chi connectivity index (χ4v) is 4.10. The van der Waals surface area contributed by atoms with Crippen molar-refractivity contribution in [3.8, 4) is 0 Å². The van der Waals surface area contributed by atoms with E-state index in [0.717, 1.165) is 17.7 Å². The third-order valence-electron chi connectivity index (χ3n) is 5.32. The fourth-order valence-electron chi connectivity index (χ4n) is 3.77. The molecule has 3 unspecified atom stereocenters. The van der Waals surface area contributed by atoms with E-state index in [9.17, 15) is 26.3 Å². The van der Waals surface area contributed by atoms with Crippen molar-refractivity contribution >= 4 is 22.6 Å². The molecule has 28 heavy (non-hydrogen) atoms. The highest BCUT2D eigenvalue weighted by Gasteiger charge is 2.57. The predicted molar refractivity (Wildman–Crippen MR) is 98.9 cm³/mol. The number of anilines is 2. The van der Waals surface area contributed by atoms with Crippen LogP contribution in [-0.2, 0) is 17.4 Å². The zero-order valence-corrected chi connectivity index (χ0v) is 16.0. The summed E-state index contributed by atoms with van der Waals surface area (Å²) in [6.45, 7) is 4.35. The Morgan fingerprint density at radius 3 is 2.36 bits per heavy atom. The highest BCUT2D eigenvalue weighted by Crippen LogP contribution is 2.64. The second kappa shape index (κ2) is 7.36. The van der Waals surface area contributed by atoms with E-state index in [2.05, 4.69) is 10.0 Å². The zero-order valence-electron chi connectivity index (χ0n) is 15.1. The summed E-state index contributed by atoms with van der Waals surface area (Å²) in [5, 5.41) is 2.82. The molecule has 0 saturated heterocycles. The standard InChI is InChI=1S/C19H20F4N2O2S/c1-18(2)15(17(18)11-3-6-13(7-4-11)25-28(26)27)10-24-16-8-5-12(20)9-14(16)19(21,22)23/h3-9,15,17,24-25H,10H2,1-2H3,(H,26,27)/p-1. The first-order valence-corrected chi connectivity index (χ1v) is 9.64. The Labute approximate surface area is 162 Å². The van der Waals surface area contributed by atoms with Crippen molar-refractivity contribution < 1.29 is 26.3 Å². The molecule has 0 aromatic heterocycles. The van der Waals surface area contributed by atoms with Crippen LogP contribution in [0.1, 0.15) is 30.9 Å². The molecule has 4 nitrogen and oxygen atoms in total. The van der Waals surface area contributed by atoms with E-state index in [4.69, 9.17) is 0 Å². The van der Waals surface area contributed by atoms with Crippen molar-refractivity contribution in [1.82, 2.24) is 0 Å². The number of alkyl halides is 3. The summed E-state index contributed by atoms with van der Waals surface area (Å²) >= 11 is -2.40. The molecule has 1 fully saturated rings. The van der Waals surface area contributed by atoms with Gasteiger partial charge in [0, 0.05) is 29.2 Å². The fraction of sp³-hybridized carbons (Fsp3) is 0.368. The van der Waals surface area contributed by atoms with Gasteiger partial charge in [0.2, 0.25) is 0 Å². The van der Waals surface area contributed by atoms with Gasteiger partial charge in [0.1, 0.15) is 5.82 Å². The van der Waals surface area contributed by atoms with Crippen molar-refractivity contribution in [3.05, 3.63) is 59.4 Å². The van der Waals surface area contributed by atoms with Crippen molar-refractivity contribution in [3.63, 3.8) is 0 Å². The SMILES string of the molecule is CC1(C)C(CNc2ccc(F)cc2C(F)(F)F)C1c1ccc(NS(=O)[O-])cc1. The molecule has 1 aliphatic carbocycles. The Hall–Kier alpha value is -2.13. The first-order chi connectivity index (χ1) is 13.0. The second-order valence-electron chi connectivity index (χ2n) is 7.43. The van der Waals surface area contributed by atoms with Crippen molar-refractivity contribution in [1.29, 1.82) is 0 Å². The van der Waals surface area contributed by atoms with Crippen LogP contribution in [0.4, 0.5) is 28.9 Å². The Kier molecular flexibility index (Phi) is 5.42. The first-order valence-electron chi connectivity index (χ1n) is 8.56. The van der Waals surface area contributed by atoms with E-state index < -0.39 is 28.8 Å². The van der Waals surface area contributed by atoms with Crippen molar-refractivity contribution in [2.24, 2.45) is 11.3 Å². The lowest BCUT2D eigenvalue weighted by Gasteiger charge is -2.15. The molecule has 0 radical (unpaired) electrons. The Bertz CT molecular complexity index is 884. The smallest absolute Gasteiger partial charge is 0.418 e. The van der Waals surface area contributed by atoms with Crippen LogP contribution >= 0.6 is 0 Å². The van der Waals surface area contributed by atoms with Gasteiger partial charge in [-0.15, -0.1) is 0 Å². The van der Waals surface area contributed by atoms with Gasteiger partial charge < -0.3 is 14.6 Å². The Balaban J connectivity index is 1.72. The molecule has 0 bridgehead atoms. The number of hydrogen-bond acceptors (Lipinski definition) is 3. The molecule has 2 aromatic carbocycles. The normalized spacial score (nSPS) is 21.8. The predicted octanol–water partition coefficient (Wildman–Crippen LogP) is 4.90. The van der Waals surface area contributed by atoms with Crippen LogP contribution < -0.4 is 10.0 Å². The molecule has 152 valence electrons. The van der Waals surface area contributed by atoms with E-state index in [1.807, 2.05) is 13.8 Å². The summed E-state index contributed by atoms with van der Waals surface area (Å²) in [6.07, 6.45) is -4.65. The monoisotopic (exact) mass is 415 g/mol. The molecule has 0 spiro atoms. The minimum absolute atomic E-state index is 0.0751. The van der Waals surface area contributed by atoms with Gasteiger partial charge in [-0.3, -0.25) is 4.21 Å². The maximum absolute atomic E-state index is 13.2. The van der Waals surface area contributed by atoms with Crippen LogP contribution in [-0.4, -0.2) is 15.3 Å². The van der Waals surface area contributed by atoms with Crippen molar-refractivity contribution in [2.75, 3.05) is 16.6 Å². The molecular weight excluding hydrogens is 396 g/mol. The third kappa shape index (κ3) is 4.30. The molecule has 0 aliphatic heterocycles. The number of halogens is 4. The van der Waals surface area contributed by atoms with Crippen LogP contribution in [0.15, 0.2) is 42.5 Å². The quantitative estimate of drug-likeness (QED) is 0.521. The maximum Gasteiger partial charge on any atom is 0.418 e. The highest BCUT2D eigenvalue weighted by atomic mass is 32.2. The van der Waals surface area contributed by atoms with Gasteiger partial charge >= 0.3 is 6.18 Å². The lowest BCUT2D eigenvalue weighted by Crippen LogP contribution is -2.14. The van der Waals surface area contributed by atoms with E-state index in [1.165, 1.54) is 0 Å². The minimum atomic E-state index is -4.65.